The molecule has 3 heterocycles. The number of thiophene rings is 1. The molecule has 1 saturated heterocycles. The first kappa shape index (κ1) is 14.8. The van der Waals surface area contributed by atoms with Crippen molar-refractivity contribution in [3.8, 4) is 0 Å². The van der Waals surface area contributed by atoms with Gasteiger partial charge in [0.1, 0.15) is 5.82 Å². The van der Waals surface area contributed by atoms with E-state index in [1.54, 1.807) is 17.5 Å². The van der Waals surface area contributed by atoms with Crippen molar-refractivity contribution in [2.24, 2.45) is 0 Å². The molecule has 1 atom stereocenters. The number of anilines is 2. The summed E-state index contributed by atoms with van der Waals surface area (Å²) in [5.74, 6) is 0.871. The number of hydrogen-bond acceptors (Lipinski definition) is 4. The molecule has 1 N–H and O–H groups in total. The summed E-state index contributed by atoms with van der Waals surface area (Å²) in [4.78, 5) is 20.7. The predicted octanol–water partition coefficient (Wildman–Crippen LogP) is 3.58. The highest BCUT2D eigenvalue weighted by atomic mass is 32.1. The fraction of sp³-hybridized carbons (Fsp3) is 0.375. The van der Waals surface area contributed by atoms with Crippen LogP contribution in [0.5, 0.6) is 0 Å². The van der Waals surface area contributed by atoms with E-state index in [0.29, 0.717) is 0 Å². The number of rotatable bonds is 3. The van der Waals surface area contributed by atoms with E-state index in [4.69, 9.17) is 0 Å². The van der Waals surface area contributed by atoms with Crippen molar-refractivity contribution < 1.29 is 4.79 Å². The van der Waals surface area contributed by atoms with Gasteiger partial charge in [-0.25, -0.2) is 9.78 Å². The van der Waals surface area contributed by atoms with Crippen molar-refractivity contribution in [1.29, 1.82) is 0 Å². The number of amides is 2. The lowest BCUT2D eigenvalue weighted by molar-refractivity contribution is 0.207. The lowest BCUT2D eigenvalue weighted by Gasteiger charge is -2.24. The molecule has 2 aromatic heterocycles. The highest BCUT2D eigenvalue weighted by Crippen LogP contribution is 2.33. The number of hydrogen-bond donors (Lipinski definition) is 1. The molecule has 0 saturated carbocycles. The molecule has 1 aliphatic heterocycles. The van der Waals surface area contributed by atoms with Gasteiger partial charge in [-0.1, -0.05) is 0 Å². The highest BCUT2D eigenvalue weighted by molar-refractivity contribution is 7.07. The zero-order valence-corrected chi connectivity index (χ0v) is 13.6. The standard InChI is InChI=1S/C16H20N4OS/c1-19(2)15-6-5-13(10-17-15)18-16(21)20-8-3-4-14(20)12-7-9-22-11-12/h5-7,9-11,14H,3-4,8H2,1-2H3,(H,18,21)/t14-/m1/s1. The maximum Gasteiger partial charge on any atom is 0.322 e. The second-order valence-electron chi connectivity index (χ2n) is 5.64. The number of urea groups is 1. The number of aromatic nitrogens is 1. The summed E-state index contributed by atoms with van der Waals surface area (Å²) < 4.78 is 0. The molecule has 1 aliphatic rings. The Labute approximate surface area is 134 Å². The molecule has 22 heavy (non-hydrogen) atoms. The minimum Gasteiger partial charge on any atom is -0.363 e. The number of nitrogens with one attached hydrogen (secondary N) is 1. The maximum atomic E-state index is 12.5. The zero-order valence-electron chi connectivity index (χ0n) is 12.8. The van der Waals surface area contributed by atoms with Crippen molar-refractivity contribution in [2.75, 3.05) is 30.9 Å². The van der Waals surface area contributed by atoms with Gasteiger partial charge in [0.15, 0.2) is 0 Å². The number of nitrogens with zero attached hydrogens (tertiary/aromatic N) is 3. The zero-order chi connectivity index (χ0) is 15.5. The lowest BCUT2D eigenvalue weighted by atomic mass is 10.1. The van der Waals surface area contributed by atoms with Gasteiger partial charge < -0.3 is 15.1 Å². The Morgan fingerprint density at radius 1 is 1.41 bits per heavy atom. The van der Waals surface area contributed by atoms with Crippen molar-refractivity contribution in [2.45, 2.75) is 18.9 Å². The molecule has 1 fully saturated rings. The quantitative estimate of drug-likeness (QED) is 0.941. The Balaban J connectivity index is 1.68. The Hall–Kier alpha value is -2.08. The molecule has 2 aromatic rings. The molecule has 5 nitrogen and oxygen atoms in total. The van der Waals surface area contributed by atoms with E-state index in [2.05, 4.69) is 27.1 Å². The first-order valence-electron chi connectivity index (χ1n) is 7.38. The first-order valence-corrected chi connectivity index (χ1v) is 8.32. The van der Waals surface area contributed by atoms with Gasteiger partial charge in [0, 0.05) is 20.6 Å². The van der Waals surface area contributed by atoms with Crippen LogP contribution in [0, 0.1) is 0 Å². The third kappa shape index (κ3) is 3.06. The summed E-state index contributed by atoms with van der Waals surface area (Å²) in [6.07, 6.45) is 3.77. The molecule has 0 aliphatic carbocycles. The molecular formula is C16H20N4OS. The second-order valence-corrected chi connectivity index (χ2v) is 6.42. The van der Waals surface area contributed by atoms with Gasteiger partial charge in [-0.3, -0.25) is 0 Å². The Morgan fingerprint density at radius 2 is 2.27 bits per heavy atom. The maximum absolute atomic E-state index is 12.5. The molecule has 2 amide bonds. The summed E-state index contributed by atoms with van der Waals surface area (Å²) in [7, 11) is 3.88. The summed E-state index contributed by atoms with van der Waals surface area (Å²) in [6.45, 7) is 0.801. The average molecular weight is 316 g/mol. The molecule has 116 valence electrons. The van der Waals surface area contributed by atoms with E-state index in [-0.39, 0.29) is 12.1 Å². The SMILES string of the molecule is CN(C)c1ccc(NC(=O)N2CCC[C@@H]2c2ccsc2)cn1. The minimum atomic E-state index is -0.0481. The van der Waals surface area contributed by atoms with Gasteiger partial charge in [0.2, 0.25) is 0 Å². The van der Waals surface area contributed by atoms with Crippen LogP contribution in [-0.4, -0.2) is 36.6 Å². The fourth-order valence-corrected chi connectivity index (χ4v) is 3.45. The Kier molecular flexibility index (Phi) is 4.29. The summed E-state index contributed by atoms with van der Waals surface area (Å²) >= 11 is 1.68. The van der Waals surface area contributed by atoms with Crippen LogP contribution in [0.3, 0.4) is 0 Å². The van der Waals surface area contributed by atoms with E-state index >= 15 is 0 Å². The van der Waals surface area contributed by atoms with Crippen LogP contribution in [0.1, 0.15) is 24.4 Å². The van der Waals surface area contributed by atoms with Crippen LogP contribution >= 0.6 is 11.3 Å². The van der Waals surface area contributed by atoms with Crippen molar-refractivity contribution in [1.82, 2.24) is 9.88 Å². The highest BCUT2D eigenvalue weighted by Gasteiger charge is 2.30. The first-order chi connectivity index (χ1) is 10.6. The summed E-state index contributed by atoms with van der Waals surface area (Å²) in [5, 5.41) is 7.14. The normalized spacial score (nSPS) is 17.5. The van der Waals surface area contributed by atoms with Gasteiger partial charge in [0.05, 0.1) is 17.9 Å². The van der Waals surface area contributed by atoms with Crippen LogP contribution in [0.4, 0.5) is 16.3 Å². The average Bonchev–Trinajstić information content (AvgIpc) is 3.18. The van der Waals surface area contributed by atoms with E-state index in [1.165, 1.54) is 5.56 Å². The van der Waals surface area contributed by atoms with E-state index in [9.17, 15) is 4.79 Å². The molecule has 0 aromatic carbocycles. The third-order valence-electron chi connectivity index (χ3n) is 3.90. The summed E-state index contributed by atoms with van der Waals surface area (Å²) in [5.41, 5.74) is 1.96. The van der Waals surface area contributed by atoms with Gasteiger partial charge in [-0.2, -0.15) is 11.3 Å². The van der Waals surface area contributed by atoms with Crippen LogP contribution in [0.2, 0.25) is 0 Å². The number of carbonyl (C=O) groups is 1. The second kappa shape index (κ2) is 6.36. The van der Waals surface area contributed by atoms with Crippen LogP contribution in [0.15, 0.2) is 35.2 Å². The van der Waals surface area contributed by atoms with Crippen LogP contribution in [0.25, 0.3) is 0 Å². The van der Waals surface area contributed by atoms with Crippen molar-refractivity contribution >= 4 is 28.9 Å². The third-order valence-corrected chi connectivity index (χ3v) is 4.60. The number of likely N-dealkylation sites (tertiary alicyclic amines) is 1. The molecule has 3 rings (SSSR count). The van der Waals surface area contributed by atoms with Gasteiger partial charge >= 0.3 is 6.03 Å². The predicted molar refractivity (Wildman–Crippen MR) is 90.6 cm³/mol. The molecule has 0 bridgehead atoms. The topological polar surface area (TPSA) is 48.5 Å². The van der Waals surface area contributed by atoms with E-state index in [1.807, 2.05) is 36.0 Å². The van der Waals surface area contributed by atoms with Crippen molar-refractivity contribution in [3.63, 3.8) is 0 Å². The van der Waals surface area contributed by atoms with Crippen LogP contribution in [-0.2, 0) is 0 Å². The molecule has 0 unspecified atom stereocenters. The van der Waals surface area contributed by atoms with E-state index in [0.717, 1.165) is 30.9 Å². The molecule has 6 heteroatoms. The Morgan fingerprint density at radius 3 is 2.91 bits per heavy atom. The smallest absolute Gasteiger partial charge is 0.322 e. The molecule has 0 spiro atoms. The van der Waals surface area contributed by atoms with Gasteiger partial charge in [-0.05, 0) is 47.4 Å². The number of pyridine rings is 1. The van der Waals surface area contributed by atoms with E-state index < -0.39 is 0 Å². The van der Waals surface area contributed by atoms with Gasteiger partial charge in [0.25, 0.3) is 0 Å². The fourth-order valence-electron chi connectivity index (χ4n) is 2.74. The minimum absolute atomic E-state index is 0.0481. The lowest BCUT2D eigenvalue weighted by Crippen LogP contribution is -2.34. The largest absolute Gasteiger partial charge is 0.363 e. The molecular weight excluding hydrogens is 296 g/mol. The van der Waals surface area contributed by atoms with Gasteiger partial charge in [-0.15, -0.1) is 0 Å². The number of carbonyl (C=O) groups excluding carboxylic acids is 1. The van der Waals surface area contributed by atoms with Crippen LogP contribution < -0.4 is 10.2 Å². The monoisotopic (exact) mass is 316 g/mol. The Bertz CT molecular complexity index is 624. The molecule has 0 radical (unpaired) electrons. The summed E-state index contributed by atoms with van der Waals surface area (Å²) in [6, 6.07) is 6.04. The van der Waals surface area contributed by atoms with Crippen molar-refractivity contribution in [3.05, 3.63) is 40.7 Å².